The van der Waals surface area contributed by atoms with Gasteiger partial charge in [-0.15, -0.1) is 0 Å². The van der Waals surface area contributed by atoms with Crippen LogP contribution >= 0.6 is 0 Å². The molecular formula is C59H42N2O. The van der Waals surface area contributed by atoms with Gasteiger partial charge >= 0.3 is 0 Å². The third kappa shape index (κ3) is 5.73. The highest BCUT2D eigenvalue weighted by Crippen LogP contribution is 2.51. The van der Waals surface area contributed by atoms with E-state index in [-0.39, 0.29) is 5.41 Å². The second-order valence-corrected chi connectivity index (χ2v) is 17.0. The van der Waals surface area contributed by atoms with Gasteiger partial charge in [0.2, 0.25) is 0 Å². The number of fused-ring (bicyclic) bond motifs is 8. The van der Waals surface area contributed by atoms with E-state index in [1.165, 1.54) is 44.5 Å². The molecule has 0 bridgehead atoms. The number of hydrogen-bond acceptors (Lipinski definition) is 2. The van der Waals surface area contributed by atoms with Crippen LogP contribution in [0.1, 0.15) is 25.0 Å². The molecule has 2 aromatic heterocycles. The minimum atomic E-state index is -0.108. The van der Waals surface area contributed by atoms with Gasteiger partial charge in [0.1, 0.15) is 11.1 Å². The monoisotopic (exact) mass is 794 g/mol. The first-order chi connectivity index (χ1) is 30.5. The van der Waals surface area contributed by atoms with Crippen molar-refractivity contribution in [1.29, 1.82) is 0 Å². The highest BCUT2D eigenvalue weighted by atomic mass is 16.3. The van der Waals surface area contributed by atoms with Gasteiger partial charge in [0.05, 0.1) is 5.52 Å². The van der Waals surface area contributed by atoms with Crippen LogP contribution in [0.15, 0.2) is 223 Å². The van der Waals surface area contributed by atoms with Crippen LogP contribution in [0.3, 0.4) is 0 Å². The number of aromatic nitrogens is 1. The molecule has 12 rings (SSSR count). The van der Waals surface area contributed by atoms with E-state index in [4.69, 9.17) is 4.42 Å². The third-order valence-electron chi connectivity index (χ3n) is 13.0. The van der Waals surface area contributed by atoms with E-state index in [0.29, 0.717) is 0 Å². The Morgan fingerprint density at radius 3 is 1.60 bits per heavy atom. The lowest BCUT2D eigenvalue weighted by molar-refractivity contribution is 0.660. The molecule has 0 spiro atoms. The summed E-state index contributed by atoms with van der Waals surface area (Å²) in [4.78, 5) is 2.39. The van der Waals surface area contributed by atoms with Crippen LogP contribution in [0.5, 0.6) is 0 Å². The molecule has 0 fully saturated rings. The number of benzene rings is 9. The van der Waals surface area contributed by atoms with E-state index in [1.807, 2.05) is 6.07 Å². The number of furan rings is 1. The van der Waals surface area contributed by atoms with Crippen molar-refractivity contribution in [2.45, 2.75) is 19.3 Å². The maximum absolute atomic E-state index is 6.68. The minimum Gasteiger partial charge on any atom is -0.454 e. The van der Waals surface area contributed by atoms with Crippen molar-refractivity contribution in [2.75, 3.05) is 4.90 Å². The molecule has 2 heterocycles. The molecule has 0 aliphatic heterocycles. The predicted octanol–water partition coefficient (Wildman–Crippen LogP) is 16.3. The maximum Gasteiger partial charge on any atom is 0.161 e. The number of anilines is 3. The highest BCUT2D eigenvalue weighted by Gasteiger charge is 2.35. The summed E-state index contributed by atoms with van der Waals surface area (Å²) in [5.41, 5.74) is 20.8. The summed E-state index contributed by atoms with van der Waals surface area (Å²) in [6.07, 6.45) is 0. The Bertz CT molecular complexity index is 3450. The summed E-state index contributed by atoms with van der Waals surface area (Å²) < 4.78 is 9.03. The van der Waals surface area contributed by atoms with Crippen LogP contribution in [-0.4, -0.2) is 4.57 Å². The van der Waals surface area contributed by atoms with Crippen LogP contribution < -0.4 is 4.90 Å². The minimum absolute atomic E-state index is 0.108. The fourth-order valence-electron chi connectivity index (χ4n) is 9.87. The fraction of sp³-hybridized carbons (Fsp3) is 0.0508. The third-order valence-corrected chi connectivity index (χ3v) is 13.0. The van der Waals surface area contributed by atoms with E-state index in [1.54, 1.807) is 0 Å². The van der Waals surface area contributed by atoms with Gasteiger partial charge in [-0.25, -0.2) is 0 Å². The standard InChI is InChI=1S/C59H42N2O/c1-59(2)53-19-11-9-17-49(53)50-35-34-48(38-54(50)59)60(45-28-21-41(22-29-45)39-13-5-3-6-14-39)46-30-25-43(26-31-46)44-27-36-55-52(37-44)58-57(51-18-10-12-20-56(51)62-58)61(55)47-32-23-42(24-33-47)40-15-7-4-8-16-40/h3-38H,1-2H3. The molecule has 62 heavy (non-hydrogen) atoms. The molecule has 1 aliphatic carbocycles. The van der Waals surface area contributed by atoms with Crippen molar-refractivity contribution in [1.82, 2.24) is 4.57 Å². The van der Waals surface area contributed by atoms with Crippen LogP contribution in [-0.2, 0) is 5.41 Å². The number of hydrogen-bond donors (Lipinski definition) is 0. The zero-order valence-electron chi connectivity index (χ0n) is 34.6. The zero-order chi connectivity index (χ0) is 41.4. The van der Waals surface area contributed by atoms with Gasteiger partial charge in [-0.3, -0.25) is 0 Å². The van der Waals surface area contributed by atoms with Gasteiger partial charge in [0.25, 0.3) is 0 Å². The fourth-order valence-corrected chi connectivity index (χ4v) is 9.87. The normalized spacial score (nSPS) is 12.8. The van der Waals surface area contributed by atoms with Crippen molar-refractivity contribution in [3.63, 3.8) is 0 Å². The van der Waals surface area contributed by atoms with Crippen LogP contribution in [0.4, 0.5) is 17.1 Å². The van der Waals surface area contributed by atoms with Crippen molar-refractivity contribution in [2.24, 2.45) is 0 Å². The van der Waals surface area contributed by atoms with Gasteiger partial charge in [-0.2, -0.15) is 0 Å². The summed E-state index contributed by atoms with van der Waals surface area (Å²) in [5, 5.41) is 2.19. The molecule has 0 radical (unpaired) electrons. The summed E-state index contributed by atoms with van der Waals surface area (Å²) >= 11 is 0. The summed E-state index contributed by atoms with van der Waals surface area (Å²) in [5.74, 6) is 0. The van der Waals surface area contributed by atoms with Gasteiger partial charge in [-0.1, -0.05) is 159 Å². The lowest BCUT2D eigenvalue weighted by atomic mass is 9.82. The van der Waals surface area contributed by atoms with E-state index in [9.17, 15) is 0 Å². The van der Waals surface area contributed by atoms with Crippen molar-refractivity contribution in [3.05, 3.63) is 230 Å². The van der Waals surface area contributed by atoms with E-state index < -0.39 is 0 Å². The Morgan fingerprint density at radius 1 is 0.403 bits per heavy atom. The average molecular weight is 795 g/mol. The van der Waals surface area contributed by atoms with Crippen LogP contribution in [0.2, 0.25) is 0 Å². The molecule has 1 aliphatic rings. The number of para-hydroxylation sites is 1. The Hall–Kier alpha value is -7.88. The van der Waals surface area contributed by atoms with Gasteiger partial charge in [-0.05, 0) is 128 Å². The Morgan fingerprint density at radius 2 is 0.919 bits per heavy atom. The van der Waals surface area contributed by atoms with Crippen molar-refractivity contribution < 1.29 is 4.42 Å². The van der Waals surface area contributed by atoms with Gasteiger partial charge in [0.15, 0.2) is 5.58 Å². The van der Waals surface area contributed by atoms with Crippen LogP contribution in [0, 0.1) is 0 Å². The lowest BCUT2D eigenvalue weighted by Crippen LogP contribution is -2.16. The molecule has 0 N–H and O–H groups in total. The summed E-state index contributed by atoms with van der Waals surface area (Å²) in [6.45, 7) is 4.70. The molecule has 11 aromatic rings. The molecule has 294 valence electrons. The Balaban J connectivity index is 0.953. The predicted molar refractivity (Wildman–Crippen MR) is 259 cm³/mol. The second-order valence-electron chi connectivity index (χ2n) is 17.0. The Labute approximate surface area is 361 Å². The molecule has 3 heteroatoms. The quantitative estimate of drug-likeness (QED) is 0.160. The summed E-state index contributed by atoms with van der Waals surface area (Å²) in [6, 6.07) is 79.0. The van der Waals surface area contributed by atoms with E-state index in [2.05, 4.69) is 236 Å². The molecule has 0 saturated carbocycles. The van der Waals surface area contributed by atoms with Crippen molar-refractivity contribution in [3.8, 4) is 50.2 Å². The first-order valence-electron chi connectivity index (χ1n) is 21.4. The molecule has 0 saturated heterocycles. The van der Waals surface area contributed by atoms with Gasteiger partial charge < -0.3 is 13.9 Å². The zero-order valence-corrected chi connectivity index (χ0v) is 34.6. The van der Waals surface area contributed by atoms with E-state index >= 15 is 0 Å². The molecule has 0 atom stereocenters. The smallest absolute Gasteiger partial charge is 0.161 e. The molecule has 0 amide bonds. The van der Waals surface area contributed by atoms with Crippen LogP contribution in [0.25, 0.3) is 83.2 Å². The SMILES string of the molecule is CC1(C)c2ccccc2-c2ccc(N(c3ccc(-c4ccccc4)cc3)c3ccc(-c4ccc5c(c4)c4oc6ccccc6c4n5-c4ccc(-c5ccccc5)cc4)cc3)cc21. The lowest BCUT2D eigenvalue weighted by Gasteiger charge is -2.28. The average Bonchev–Trinajstić information content (AvgIpc) is 3.94. The topological polar surface area (TPSA) is 21.3 Å². The summed E-state index contributed by atoms with van der Waals surface area (Å²) in [7, 11) is 0. The highest BCUT2D eigenvalue weighted by molar-refractivity contribution is 6.17. The first-order valence-corrected chi connectivity index (χ1v) is 21.4. The first kappa shape index (κ1) is 36.0. The maximum atomic E-state index is 6.68. The largest absolute Gasteiger partial charge is 0.454 e. The van der Waals surface area contributed by atoms with Gasteiger partial charge in [0, 0.05) is 38.9 Å². The number of nitrogens with zero attached hydrogens (tertiary/aromatic N) is 2. The van der Waals surface area contributed by atoms with E-state index in [0.717, 1.165) is 66.8 Å². The van der Waals surface area contributed by atoms with Crippen molar-refractivity contribution >= 4 is 50.0 Å². The molecule has 0 unspecified atom stereocenters. The molecular weight excluding hydrogens is 753 g/mol. The molecule has 9 aromatic carbocycles. The molecule has 3 nitrogen and oxygen atoms in total. The Kier molecular flexibility index (Phi) is 8.20. The second kappa shape index (κ2) is 14.1. The number of rotatable bonds is 7.